The predicted octanol–water partition coefficient (Wildman–Crippen LogP) is 3.83. The fraction of sp³-hybridized carbons (Fsp3) is 0.143. The van der Waals surface area contributed by atoms with Gasteiger partial charge in [0.1, 0.15) is 0 Å². The van der Waals surface area contributed by atoms with E-state index in [-0.39, 0.29) is 14.6 Å². The van der Waals surface area contributed by atoms with Crippen LogP contribution < -0.4 is 10.5 Å². The molecule has 0 fully saturated rings. The third kappa shape index (κ3) is 2.97. The molecule has 1 aromatic rings. The molecule has 84 valence electrons. The lowest BCUT2D eigenvalue weighted by atomic mass is 10.3. The minimum atomic E-state index is -4.97. The van der Waals surface area contributed by atoms with Crippen molar-refractivity contribution in [2.24, 2.45) is 0 Å². The van der Waals surface area contributed by atoms with Gasteiger partial charge in [0.15, 0.2) is 11.6 Å². The molecule has 1 rings (SSSR count). The first-order valence-corrected chi connectivity index (χ1v) is 4.99. The number of hydrogen-bond donors (Lipinski definition) is 1. The van der Waals surface area contributed by atoms with Gasteiger partial charge in [-0.1, -0.05) is 0 Å². The lowest BCUT2D eigenvalue weighted by Crippen LogP contribution is -2.18. The summed E-state index contributed by atoms with van der Waals surface area (Å²) in [6, 6.07) is 0.793. The average molecular weight is 353 g/mol. The van der Waals surface area contributed by atoms with Gasteiger partial charge in [0.2, 0.25) is 0 Å². The first kappa shape index (κ1) is 12.6. The second-order valence-corrected chi connectivity index (χ2v) is 4.09. The maximum atomic E-state index is 13.1. The fourth-order valence-corrected chi connectivity index (χ4v) is 1.95. The molecule has 1 aromatic carbocycles. The molecule has 0 saturated heterocycles. The summed E-state index contributed by atoms with van der Waals surface area (Å²) in [6.07, 6.45) is -4.97. The number of nitrogens with two attached hydrogens (primary N) is 1. The number of alkyl halides is 3. The summed E-state index contributed by atoms with van der Waals surface area (Å²) >= 11 is 5.59. The van der Waals surface area contributed by atoms with Crippen LogP contribution in [0.15, 0.2) is 15.0 Å². The molecule has 2 N–H and O–H groups in total. The Morgan fingerprint density at radius 3 is 2.27 bits per heavy atom. The molecule has 0 aliphatic rings. The summed E-state index contributed by atoms with van der Waals surface area (Å²) < 4.78 is 52.0. The molecular formula is C7H3Br2F4NO. The molecule has 8 heteroatoms. The Hall–Kier alpha value is -0.500. The van der Waals surface area contributed by atoms with E-state index in [0.29, 0.717) is 0 Å². The van der Waals surface area contributed by atoms with Gasteiger partial charge < -0.3 is 10.5 Å². The first-order valence-electron chi connectivity index (χ1n) is 3.41. The van der Waals surface area contributed by atoms with Gasteiger partial charge in [-0.15, -0.1) is 13.2 Å². The third-order valence-corrected chi connectivity index (χ3v) is 2.82. The molecule has 0 aromatic heterocycles. The van der Waals surface area contributed by atoms with E-state index in [0.717, 1.165) is 6.07 Å². The number of halogens is 6. The van der Waals surface area contributed by atoms with Crippen molar-refractivity contribution in [3.05, 3.63) is 20.8 Å². The summed E-state index contributed by atoms with van der Waals surface area (Å²) in [7, 11) is 0. The number of hydrogen-bond acceptors (Lipinski definition) is 2. The van der Waals surface area contributed by atoms with E-state index in [9.17, 15) is 17.6 Å². The summed E-state index contributed by atoms with van der Waals surface area (Å²) in [5.41, 5.74) is 5.29. The highest BCUT2D eigenvalue weighted by Crippen LogP contribution is 2.40. The van der Waals surface area contributed by atoms with Crippen molar-refractivity contribution >= 4 is 37.5 Å². The van der Waals surface area contributed by atoms with Crippen molar-refractivity contribution in [2.75, 3.05) is 5.73 Å². The predicted molar refractivity (Wildman–Crippen MR) is 52.9 cm³/mol. The molecular weight excluding hydrogens is 350 g/mol. The van der Waals surface area contributed by atoms with Crippen molar-refractivity contribution < 1.29 is 22.3 Å². The number of nitrogen functional groups attached to an aromatic ring is 1. The fourth-order valence-electron chi connectivity index (χ4n) is 0.796. The Kier molecular flexibility index (Phi) is 3.49. The lowest BCUT2D eigenvalue weighted by molar-refractivity contribution is -0.275. The summed E-state index contributed by atoms with van der Waals surface area (Å²) in [5.74, 6) is -2.15. The summed E-state index contributed by atoms with van der Waals surface area (Å²) in [5, 5.41) is 0. The van der Waals surface area contributed by atoms with Gasteiger partial charge in [-0.2, -0.15) is 0 Å². The quantitative estimate of drug-likeness (QED) is 0.615. The van der Waals surface area contributed by atoms with Gasteiger partial charge in [0, 0.05) is 4.47 Å². The Balaban J connectivity index is 3.24. The topological polar surface area (TPSA) is 35.2 Å². The number of ether oxygens (including phenoxy) is 1. The van der Waals surface area contributed by atoms with Crippen LogP contribution in [0.1, 0.15) is 0 Å². The maximum absolute atomic E-state index is 13.1. The molecule has 0 amide bonds. The standard InChI is InChI=1S/C7H3Br2F4NO/c8-2-1-3(10)6(4(9)5(2)14)15-7(11,12)13/h1H,14H2. The average Bonchev–Trinajstić information content (AvgIpc) is 2.07. The normalized spacial score (nSPS) is 11.6. The van der Waals surface area contributed by atoms with E-state index >= 15 is 0 Å². The number of rotatable bonds is 1. The summed E-state index contributed by atoms with van der Waals surface area (Å²) in [4.78, 5) is 0. The minimum absolute atomic E-state index is 0.0735. The van der Waals surface area contributed by atoms with E-state index in [1.54, 1.807) is 0 Å². The van der Waals surface area contributed by atoms with Crippen molar-refractivity contribution in [1.29, 1.82) is 0 Å². The van der Waals surface area contributed by atoms with Gasteiger partial charge >= 0.3 is 6.36 Å². The van der Waals surface area contributed by atoms with E-state index in [1.807, 2.05) is 0 Å². The molecule has 15 heavy (non-hydrogen) atoms. The van der Waals surface area contributed by atoms with Crippen molar-refractivity contribution in [1.82, 2.24) is 0 Å². The van der Waals surface area contributed by atoms with Crippen molar-refractivity contribution in [3.8, 4) is 5.75 Å². The van der Waals surface area contributed by atoms with Gasteiger partial charge in [-0.3, -0.25) is 0 Å². The van der Waals surface area contributed by atoms with Gasteiger partial charge in [-0.25, -0.2) is 4.39 Å². The molecule has 0 bridgehead atoms. The minimum Gasteiger partial charge on any atom is -0.401 e. The van der Waals surface area contributed by atoms with Crippen LogP contribution in [0.5, 0.6) is 5.75 Å². The van der Waals surface area contributed by atoms with Gasteiger partial charge in [0.05, 0.1) is 10.2 Å². The van der Waals surface area contributed by atoms with Crippen LogP contribution >= 0.6 is 31.9 Å². The molecule has 0 radical (unpaired) electrons. The molecule has 0 atom stereocenters. The molecule has 0 aliphatic carbocycles. The molecule has 2 nitrogen and oxygen atoms in total. The highest BCUT2D eigenvalue weighted by atomic mass is 79.9. The largest absolute Gasteiger partial charge is 0.573 e. The lowest BCUT2D eigenvalue weighted by Gasteiger charge is -2.13. The van der Waals surface area contributed by atoms with Crippen molar-refractivity contribution in [3.63, 3.8) is 0 Å². The Morgan fingerprint density at radius 2 is 1.80 bits per heavy atom. The molecule has 0 saturated carbocycles. The van der Waals surface area contributed by atoms with Crippen LogP contribution in [0.4, 0.5) is 23.2 Å². The molecule has 0 unspecified atom stereocenters. The number of anilines is 1. The zero-order valence-electron chi connectivity index (χ0n) is 6.83. The van der Waals surface area contributed by atoms with Crippen LogP contribution in [0.3, 0.4) is 0 Å². The Morgan fingerprint density at radius 1 is 1.27 bits per heavy atom. The Bertz CT molecular complexity index is 394. The SMILES string of the molecule is Nc1c(Br)cc(F)c(OC(F)(F)F)c1Br. The van der Waals surface area contributed by atoms with Crippen LogP contribution in [-0.2, 0) is 0 Å². The Labute approximate surface area is 98.6 Å². The van der Waals surface area contributed by atoms with Crippen LogP contribution in [0, 0.1) is 5.82 Å². The first-order chi connectivity index (χ1) is 6.72. The third-order valence-electron chi connectivity index (χ3n) is 1.38. The van der Waals surface area contributed by atoms with Gasteiger partial charge in [-0.05, 0) is 37.9 Å². The zero-order chi connectivity index (χ0) is 11.8. The highest BCUT2D eigenvalue weighted by Gasteiger charge is 2.34. The molecule has 0 heterocycles. The van der Waals surface area contributed by atoms with Crippen molar-refractivity contribution in [2.45, 2.75) is 6.36 Å². The van der Waals surface area contributed by atoms with E-state index in [1.165, 1.54) is 0 Å². The second-order valence-electron chi connectivity index (χ2n) is 2.44. The van der Waals surface area contributed by atoms with Crippen LogP contribution in [0.2, 0.25) is 0 Å². The highest BCUT2D eigenvalue weighted by molar-refractivity contribution is 9.11. The monoisotopic (exact) mass is 351 g/mol. The maximum Gasteiger partial charge on any atom is 0.573 e. The smallest absolute Gasteiger partial charge is 0.401 e. The summed E-state index contributed by atoms with van der Waals surface area (Å²) in [6.45, 7) is 0. The van der Waals surface area contributed by atoms with E-state index in [4.69, 9.17) is 5.73 Å². The second kappa shape index (κ2) is 4.17. The molecule has 0 spiro atoms. The van der Waals surface area contributed by atoms with E-state index < -0.39 is 17.9 Å². The van der Waals surface area contributed by atoms with Gasteiger partial charge in [0.25, 0.3) is 0 Å². The zero-order valence-corrected chi connectivity index (χ0v) is 10.0. The van der Waals surface area contributed by atoms with Crippen LogP contribution in [0.25, 0.3) is 0 Å². The number of benzene rings is 1. The van der Waals surface area contributed by atoms with E-state index in [2.05, 4.69) is 36.6 Å². The van der Waals surface area contributed by atoms with Crippen LogP contribution in [-0.4, -0.2) is 6.36 Å². The molecule has 0 aliphatic heterocycles.